The average molecular weight is 848 g/mol. The maximum atomic E-state index is 14.9. The number of β-amino-alcohol motifs (C(OH)–C–C–N with tert-alkyl or cyclic N) is 1. The van der Waals surface area contributed by atoms with Crippen molar-refractivity contribution in [1.29, 1.82) is 5.26 Å². The first kappa shape index (κ1) is 45.1. The van der Waals surface area contributed by atoms with Crippen molar-refractivity contribution in [2.45, 2.75) is 84.4 Å². The van der Waals surface area contributed by atoms with Crippen molar-refractivity contribution in [3.63, 3.8) is 0 Å². The Hall–Kier alpha value is -6.47. The molecule has 2 fully saturated rings. The highest BCUT2D eigenvalue weighted by atomic mass is 19.1. The quantitative estimate of drug-likeness (QED) is 0.134. The lowest BCUT2D eigenvalue weighted by molar-refractivity contribution is -0.140. The smallest absolute Gasteiger partial charge is 0.274 e. The van der Waals surface area contributed by atoms with Gasteiger partial charge in [-0.15, -0.1) is 0 Å². The molecule has 326 valence electrons. The highest BCUT2D eigenvalue weighted by Crippen LogP contribution is 2.35. The van der Waals surface area contributed by atoms with Crippen LogP contribution in [-0.4, -0.2) is 112 Å². The minimum absolute atomic E-state index is 0.00307. The van der Waals surface area contributed by atoms with Gasteiger partial charge in [0.15, 0.2) is 5.82 Å². The summed E-state index contributed by atoms with van der Waals surface area (Å²) in [6, 6.07) is 14.2. The zero-order valence-corrected chi connectivity index (χ0v) is 35.9. The number of piperazine rings is 1. The van der Waals surface area contributed by atoms with E-state index in [0.29, 0.717) is 86.3 Å². The topological polar surface area (TPSA) is 194 Å². The fourth-order valence-corrected chi connectivity index (χ4v) is 7.92. The number of nitriles is 1. The van der Waals surface area contributed by atoms with Crippen molar-refractivity contribution in [2.24, 2.45) is 5.41 Å². The van der Waals surface area contributed by atoms with E-state index in [1.165, 1.54) is 31.5 Å². The monoisotopic (exact) mass is 847 g/mol. The van der Waals surface area contributed by atoms with Crippen molar-refractivity contribution in [1.82, 2.24) is 30.1 Å². The van der Waals surface area contributed by atoms with Gasteiger partial charge in [0.2, 0.25) is 17.7 Å². The van der Waals surface area contributed by atoms with Gasteiger partial charge in [-0.3, -0.25) is 24.2 Å². The molecular formula is C46H54FN9O6. The molecule has 2 aromatic heterocycles. The van der Waals surface area contributed by atoms with Crippen LogP contribution in [0.5, 0.6) is 5.75 Å². The third kappa shape index (κ3) is 10.7. The fraction of sp³-hybridized carbons (Fsp3) is 0.435. The molecule has 4 aromatic rings. The number of anilines is 2. The molecule has 4 amide bonds. The van der Waals surface area contributed by atoms with E-state index in [1.807, 2.05) is 38.7 Å². The van der Waals surface area contributed by atoms with Crippen LogP contribution in [0, 0.1) is 22.6 Å². The average Bonchev–Trinajstić information content (AvgIpc) is 3.61. The van der Waals surface area contributed by atoms with Crippen LogP contribution in [0.2, 0.25) is 0 Å². The summed E-state index contributed by atoms with van der Waals surface area (Å²) in [5, 5.41) is 25.8. The Morgan fingerprint density at radius 1 is 1.02 bits per heavy atom. The van der Waals surface area contributed by atoms with Gasteiger partial charge in [-0.25, -0.2) is 14.4 Å². The predicted molar refractivity (Wildman–Crippen MR) is 231 cm³/mol. The van der Waals surface area contributed by atoms with Crippen LogP contribution >= 0.6 is 0 Å². The molecule has 3 N–H and O–H groups in total. The number of pyridine rings is 1. The Balaban J connectivity index is 1.07. The molecule has 0 radical (unpaired) electrons. The molecule has 62 heavy (non-hydrogen) atoms. The predicted octanol–water partition coefficient (Wildman–Crippen LogP) is 5.59. The number of amides is 4. The lowest BCUT2D eigenvalue weighted by atomic mass is 9.85. The van der Waals surface area contributed by atoms with Crippen LogP contribution in [0.1, 0.15) is 82.3 Å². The number of nitrogens with zero attached hydrogens (tertiary/aromatic N) is 7. The molecular weight excluding hydrogens is 794 g/mol. The van der Waals surface area contributed by atoms with Gasteiger partial charge in [-0.05, 0) is 73.6 Å². The van der Waals surface area contributed by atoms with E-state index in [4.69, 9.17) is 4.74 Å². The summed E-state index contributed by atoms with van der Waals surface area (Å²) in [4.78, 5) is 71.8. The molecule has 0 bridgehead atoms. The van der Waals surface area contributed by atoms with Crippen LogP contribution in [0.15, 0.2) is 67.1 Å². The molecule has 3 atom stereocenters. The number of nitrogens with one attached hydrogen (secondary N) is 2. The van der Waals surface area contributed by atoms with E-state index in [9.17, 15) is 33.9 Å². The number of carbonyl (C=O) groups is 4. The SMILES string of the molecule is COc1cccc(F)c1-c1nccc(C(=O)Nc2ccc(-c3cnccc3C#N)cc2N2CCN(C(=O)CCCCCC(=O)N[C@H](C(=O)N3C[C@H](O)C[C@H]3C)C(C)(C)C)CC2)n1. The number of carbonyl (C=O) groups excluding carboxylic acids is 4. The van der Waals surface area contributed by atoms with Crippen molar-refractivity contribution in [2.75, 3.05) is 50.1 Å². The molecule has 2 aliphatic rings. The van der Waals surface area contributed by atoms with Gasteiger partial charge in [-0.2, -0.15) is 5.26 Å². The van der Waals surface area contributed by atoms with E-state index in [0.717, 1.165) is 0 Å². The number of unbranched alkanes of at least 4 members (excludes halogenated alkanes) is 2. The van der Waals surface area contributed by atoms with Crippen molar-refractivity contribution >= 4 is 35.0 Å². The highest BCUT2D eigenvalue weighted by Gasteiger charge is 2.40. The van der Waals surface area contributed by atoms with Gasteiger partial charge in [0.05, 0.1) is 41.8 Å². The third-order valence-corrected chi connectivity index (χ3v) is 11.3. The van der Waals surface area contributed by atoms with Crippen LogP contribution in [0.25, 0.3) is 22.5 Å². The first-order chi connectivity index (χ1) is 29.7. The van der Waals surface area contributed by atoms with Crippen LogP contribution in [0.3, 0.4) is 0 Å². The van der Waals surface area contributed by atoms with Crippen molar-refractivity contribution in [3.05, 3.63) is 84.2 Å². The molecule has 2 aromatic carbocycles. The van der Waals surface area contributed by atoms with Crippen LogP contribution in [0.4, 0.5) is 15.8 Å². The Morgan fingerprint density at radius 2 is 1.77 bits per heavy atom. The number of methoxy groups -OCH3 is 1. The van der Waals surface area contributed by atoms with Crippen LogP contribution in [-0.2, 0) is 14.4 Å². The second-order valence-corrected chi connectivity index (χ2v) is 16.8. The largest absolute Gasteiger partial charge is 0.496 e. The van der Waals surface area contributed by atoms with Gasteiger partial charge in [0.1, 0.15) is 23.3 Å². The normalized spacial score (nSPS) is 17.0. The van der Waals surface area contributed by atoms with E-state index < -0.39 is 29.3 Å². The summed E-state index contributed by atoms with van der Waals surface area (Å²) < 4.78 is 20.2. The standard InChI is InChI=1S/C46H54FN9O6/c1-29-24-32(57)28-56(29)45(61)42(46(2,3)4)53-39(58)12-7-6-8-13-40(59)55-22-20-54(21-23-55)37-25-30(33-27-49-18-16-31(33)26-48)14-15-35(37)52-44(60)36-17-19-50-43(51-36)41-34(47)10-9-11-38(41)62-5/h9-11,14-19,25,27,29,32,42,57H,6-8,12-13,20-24,28H2,1-5H3,(H,52,60)(H,53,58)/t29-,32-,42-/m1/s1. The number of hydrogen-bond acceptors (Lipinski definition) is 11. The molecule has 16 heteroatoms. The Bertz CT molecular complexity index is 2320. The maximum absolute atomic E-state index is 14.9. The molecule has 4 heterocycles. The van der Waals surface area contributed by atoms with Crippen molar-refractivity contribution in [3.8, 4) is 34.3 Å². The minimum atomic E-state index is -0.716. The molecule has 15 nitrogen and oxygen atoms in total. The Labute approximate surface area is 361 Å². The number of aromatic nitrogens is 3. The molecule has 6 rings (SSSR count). The van der Waals surface area contributed by atoms with E-state index in [-0.39, 0.29) is 59.6 Å². The van der Waals surface area contributed by atoms with Gasteiger partial charge in [0, 0.05) is 75.8 Å². The van der Waals surface area contributed by atoms with Gasteiger partial charge < -0.3 is 35.2 Å². The highest BCUT2D eigenvalue weighted by molar-refractivity contribution is 6.05. The van der Waals surface area contributed by atoms with Gasteiger partial charge in [0.25, 0.3) is 5.91 Å². The lowest BCUT2D eigenvalue weighted by Gasteiger charge is -2.37. The molecule has 2 saturated heterocycles. The first-order valence-electron chi connectivity index (χ1n) is 20.9. The number of aliphatic hydroxyl groups excluding tert-OH is 1. The number of ether oxygens (including phenoxy) is 1. The number of hydrogen-bond donors (Lipinski definition) is 3. The third-order valence-electron chi connectivity index (χ3n) is 11.3. The molecule has 0 saturated carbocycles. The minimum Gasteiger partial charge on any atom is -0.496 e. The molecule has 0 aliphatic carbocycles. The Morgan fingerprint density at radius 3 is 2.47 bits per heavy atom. The van der Waals surface area contributed by atoms with E-state index in [2.05, 4.69) is 36.6 Å². The number of rotatable bonds is 14. The number of likely N-dealkylation sites (tertiary alicyclic amines) is 1. The van der Waals surface area contributed by atoms with Crippen molar-refractivity contribution < 1.29 is 33.4 Å². The lowest BCUT2D eigenvalue weighted by Crippen LogP contribution is -2.55. The summed E-state index contributed by atoms with van der Waals surface area (Å²) in [5.74, 6) is -1.33. The zero-order valence-electron chi connectivity index (χ0n) is 35.9. The molecule has 0 spiro atoms. The second-order valence-electron chi connectivity index (χ2n) is 16.8. The zero-order chi connectivity index (χ0) is 44.6. The van der Waals surface area contributed by atoms with Gasteiger partial charge in [-0.1, -0.05) is 39.3 Å². The summed E-state index contributed by atoms with van der Waals surface area (Å²) >= 11 is 0. The fourth-order valence-electron chi connectivity index (χ4n) is 7.92. The van der Waals surface area contributed by atoms with E-state index in [1.54, 1.807) is 41.6 Å². The maximum Gasteiger partial charge on any atom is 0.274 e. The summed E-state index contributed by atoms with van der Waals surface area (Å²) in [5.41, 5.74) is 2.43. The second kappa shape index (κ2) is 19.9. The summed E-state index contributed by atoms with van der Waals surface area (Å²) in [7, 11) is 1.41. The van der Waals surface area contributed by atoms with Gasteiger partial charge >= 0.3 is 0 Å². The molecule has 2 aliphatic heterocycles. The Kier molecular flexibility index (Phi) is 14.5. The molecule has 0 unspecified atom stereocenters. The van der Waals surface area contributed by atoms with E-state index >= 15 is 0 Å². The number of halogens is 1. The first-order valence-corrected chi connectivity index (χ1v) is 20.9. The number of benzene rings is 2. The number of aliphatic hydroxyl groups is 1. The van der Waals surface area contributed by atoms with Crippen LogP contribution < -0.4 is 20.3 Å². The summed E-state index contributed by atoms with van der Waals surface area (Å²) in [6.45, 7) is 9.68. The summed E-state index contributed by atoms with van der Waals surface area (Å²) in [6.07, 6.45) is 6.90.